The lowest BCUT2D eigenvalue weighted by Crippen LogP contribution is -2.31. The maximum atomic E-state index is 13.1. The van der Waals surface area contributed by atoms with Crippen molar-refractivity contribution in [2.45, 2.75) is 52.6 Å². The lowest BCUT2D eigenvalue weighted by Gasteiger charge is -2.23. The molecule has 0 aliphatic carbocycles. The van der Waals surface area contributed by atoms with Crippen molar-refractivity contribution in [3.8, 4) is 0 Å². The van der Waals surface area contributed by atoms with Crippen LogP contribution in [0.4, 0.5) is 0 Å². The van der Waals surface area contributed by atoms with E-state index in [9.17, 15) is 9.59 Å². The van der Waals surface area contributed by atoms with Crippen molar-refractivity contribution in [2.24, 2.45) is 0 Å². The van der Waals surface area contributed by atoms with Crippen molar-refractivity contribution in [1.29, 1.82) is 0 Å². The first-order valence-electron chi connectivity index (χ1n) is 9.48. The number of aromatic nitrogens is 5. The predicted molar refractivity (Wildman–Crippen MR) is 101 cm³/mol. The molecule has 142 valence electrons. The summed E-state index contributed by atoms with van der Waals surface area (Å²) in [6.07, 6.45) is 4.15. The van der Waals surface area contributed by atoms with Crippen molar-refractivity contribution in [2.75, 3.05) is 6.54 Å². The maximum absolute atomic E-state index is 13.1. The van der Waals surface area contributed by atoms with Crippen LogP contribution in [0.15, 0.2) is 23.1 Å². The molecule has 3 aromatic heterocycles. The molecule has 1 N–H and O–H groups in total. The van der Waals surface area contributed by atoms with Gasteiger partial charge in [0, 0.05) is 36.6 Å². The lowest BCUT2D eigenvalue weighted by molar-refractivity contribution is 0.0732. The van der Waals surface area contributed by atoms with Crippen LogP contribution in [0.3, 0.4) is 0 Å². The minimum Gasteiger partial charge on any atom is -0.330 e. The smallest absolute Gasteiger partial charge is 0.272 e. The van der Waals surface area contributed by atoms with Gasteiger partial charge < -0.3 is 4.90 Å². The molecule has 0 saturated carbocycles. The average molecular weight is 368 g/mol. The molecule has 3 aromatic rings. The molecule has 0 aromatic carbocycles. The molecular weight excluding hydrogens is 344 g/mol. The molecule has 1 unspecified atom stereocenters. The Morgan fingerprint density at radius 1 is 1.33 bits per heavy atom. The Hall–Kier alpha value is -2.90. The Labute approximate surface area is 156 Å². The summed E-state index contributed by atoms with van der Waals surface area (Å²) >= 11 is 0. The van der Waals surface area contributed by atoms with E-state index in [1.54, 1.807) is 12.3 Å². The van der Waals surface area contributed by atoms with Gasteiger partial charge in [-0.25, -0.2) is 9.50 Å². The summed E-state index contributed by atoms with van der Waals surface area (Å²) in [6, 6.07) is 3.35. The van der Waals surface area contributed by atoms with Crippen molar-refractivity contribution >= 4 is 11.6 Å². The zero-order valence-corrected chi connectivity index (χ0v) is 15.9. The fourth-order valence-electron chi connectivity index (χ4n) is 3.87. The quantitative estimate of drug-likeness (QED) is 0.764. The number of fused-ring (bicyclic) bond motifs is 1. The first kappa shape index (κ1) is 17.5. The van der Waals surface area contributed by atoms with E-state index in [1.807, 2.05) is 36.4 Å². The van der Waals surface area contributed by atoms with E-state index in [4.69, 9.17) is 0 Å². The van der Waals surface area contributed by atoms with Crippen molar-refractivity contribution in [3.63, 3.8) is 0 Å². The number of amides is 1. The normalized spacial score (nSPS) is 17.1. The second-order valence-corrected chi connectivity index (χ2v) is 6.96. The van der Waals surface area contributed by atoms with Gasteiger partial charge in [-0.15, -0.1) is 0 Å². The Kier molecular flexibility index (Phi) is 4.33. The maximum Gasteiger partial charge on any atom is 0.272 e. The van der Waals surface area contributed by atoms with Crippen LogP contribution < -0.4 is 5.56 Å². The van der Waals surface area contributed by atoms with Crippen LogP contribution in [0.5, 0.6) is 0 Å². The first-order valence-corrected chi connectivity index (χ1v) is 9.48. The van der Waals surface area contributed by atoms with Gasteiger partial charge in [0.2, 0.25) is 0 Å². The highest BCUT2D eigenvalue weighted by atomic mass is 16.2. The third-order valence-electron chi connectivity index (χ3n) is 5.39. The molecule has 0 bridgehead atoms. The first-order chi connectivity index (χ1) is 13.0. The average Bonchev–Trinajstić information content (AvgIpc) is 3.38. The molecule has 1 saturated heterocycles. The summed E-state index contributed by atoms with van der Waals surface area (Å²) in [5, 5.41) is 7.45. The van der Waals surface area contributed by atoms with Gasteiger partial charge >= 0.3 is 0 Å². The van der Waals surface area contributed by atoms with Crippen molar-refractivity contribution in [3.05, 3.63) is 51.3 Å². The third-order valence-corrected chi connectivity index (χ3v) is 5.39. The zero-order chi connectivity index (χ0) is 19.1. The van der Waals surface area contributed by atoms with Gasteiger partial charge in [0.15, 0.2) is 5.65 Å². The van der Waals surface area contributed by atoms with E-state index < -0.39 is 0 Å². The fraction of sp³-hybridized carbons (Fsp3) is 0.474. The molecule has 27 heavy (non-hydrogen) atoms. The number of H-pyrrole nitrogens is 1. The topological polar surface area (TPSA) is 88.3 Å². The summed E-state index contributed by atoms with van der Waals surface area (Å²) < 4.78 is 3.28. The zero-order valence-electron chi connectivity index (χ0n) is 15.9. The number of carbonyl (C=O) groups excluding carboxylic acids is 1. The summed E-state index contributed by atoms with van der Waals surface area (Å²) in [5.41, 5.74) is 3.62. The Morgan fingerprint density at radius 2 is 2.15 bits per heavy atom. The van der Waals surface area contributed by atoms with Gasteiger partial charge in [0.1, 0.15) is 0 Å². The van der Waals surface area contributed by atoms with Gasteiger partial charge in [0.05, 0.1) is 23.5 Å². The Morgan fingerprint density at radius 3 is 2.85 bits per heavy atom. The predicted octanol–water partition coefficient (Wildman–Crippen LogP) is 2.09. The van der Waals surface area contributed by atoms with Crippen LogP contribution in [-0.2, 0) is 13.0 Å². The van der Waals surface area contributed by atoms with Gasteiger partial charge in [-0.05, 0) is 33.1 Å². The molecule has 4 rings (SSSR count). The van der Waals surface area contributed by atoms with Crippen LogP contribution in [0.25, 0.3) is 5.65 Å². The molecule has 1 aliphatic rings. The molecule has 1 atom stereocenters. The molecule has 0 spiro atoms. The second-order valence-electron chi connectivity index (χ2n) is 6.96. The standard InChI is InChI=1S/C19H24N6O2/c1-4-13-9-18(26)25-17(21-13)10-15(22-25)16-7-6-8-23(16)19(27)14-11-20-24(5-2)12(14)3/h9-11,16,22H,4-8H2,1-3H3. The number of carbonyl (C=O) groups is 1. The lowest BCUT2D eigenvalue weighted by atomic mass is 10.1. The van der Waals surface area contributed by atoms with E-state index in [0.29, 0.717) is 24.2 Å². The van der Waals surface area contributed by atoms with Crippen molar-refractivity contribution in [1.82, 2.24) is 29.3 Å². The molecule has 8 heteroatoms. The summed E-state index contributed by atoms with van der Waals surface area (Å²) in [6.45, 7) is 7.33. The number of nitrogens with zero attached hydrogens (tertiary/aromatic N) is 5. The highest BCUT2D eigenvalue weighted by molar-refractivity contribution is 5.95. The highest BCUT2D eigenvalue weighted by Crippen LogP contribution is 2.33. The second kappa shape index (κ2) is 6.68. The van der Waals surface area contributed by atoms with E-state index >= 15 is 0 Å². The third kappa shape index (κ3) is 2.85. The van der Waals surface area contributed by atoms with Crippen LogP contribution >= 0.6 is 0 Å². The molecule has 0 radical (unpaired) electrons. The van der Waals surface area contributed by atoms with E-state index in [-0.39, 0.29) is 17.5 Å². The number of aromatic amines is 1. The van der Waals surface area contributed by atoms with Crippen molar-refractivity contribution < 1.29 is 4.79 Å². The molecule has 1 aliphatic heterocycles. The highest BCUT2D eigenvalue weighted by Gasteiger charge is 2.33. The number of likely N-dealkylation sites (tertiary alicyclic amines) is 1. The Bertz CT molecular complexity index is 1060. The van der Waals surface area contributed by atoms with Crippen LogP contribution in [0.1, 0.15) is 60.2 Å². The molecule has 8 nitrogen and oxygen atoms in total. The monoisotopic (exact) mass is 368 g/mol. The number of rotatable bonds is 4. The summed E-state index contributed by atoms with van der Waals surface area (Å²) in [4.78, 5) is 31.8. The SMILES string of the molecule is CCc1cc(=O)n2[nH]c(C3CCCN3C(=O)c3cnn(CC)c3C)cc2n1. The van der Waals surface area contributed by atoms with Gasteiger partial charge in [-0.3, -0.25) is 19.4 Å². The number of nitrogens with one attached hydrogen (secondary N) is 1. The molecule has 1 fully saturated rings. The van der Waals surface area contributed by atoms with Crippen LogP contribution in [0, 0.1) is 6.92 Å². The summed E-state index contributed by atoms with van der Waals surface area (Å²) in [5.74, 6) is -0.0112. The minimum atomic E-state index is -0.126. The number of aryl methyl sites for hydroxylation is 2. The summed E-state index contributed by atoms with van der Waals surface area (Å²) in [7, 11) is 0. The molecule has 1 amide bonds. The van der Waals surface area contributed by atoms with Gasteiger partial charge in [-0.2, -0.15) is 5.10 Å². The van der Waals surface area contributed by atoms with Gasteiger partial charge in [0.25, 0.3) is 11.5 Å². The van der Waals surface area contributed by atoms with Crippen LogP contribution in [-0.4, -0.2) is 41.7 Å². The van der Waals surface area contributed by atoms with E-state index in [0.717, 1.165) is 36.5 Å². The minimum absolute atomic E-state index is 0.0112. The molecular formula is C19H24N6O2. The van der Waals surface area contributed by atoms with Crippen LogP contribution in [0.2, 0.25) is 0 Å². The fourth-order valence-corrected chi connectivity index (χ4v) is 3.87. The number of hydrogen-bond acceptors (Lipinski definition) is 4. The Balaban J connectivity index is 1.70. The van der Waals surface area contributed by atoms with Gasteiger partial charge in [-0.1, -0.05) is 6.92 Å². The largest absolute Gasteiger partial charge is 0.330 e. The van der Waals surface area contributed by atoms with E-state index in [2.05, 4.69) is 15.2 Å². The van der Waals surface area contributed by atoms with E-state index in [1.165, 1.54) is 4.52 Å². The molecule has 4 heterocycles. The number of hydrogen-bond donors (Lipinski definition) is 1.